The molecule has 0 unspecified atom stereocenters. The van der Waals surface area contributed by atoms with Gasteiger partial charge in [0.05, 0.1) is 16.1 Å². The van der Waals surface area contributed by atoms with Gasteiger partial charge < -0.3 is 33.4 Å². The zero-order chi connectivity index (χ0) is 31.4. The molecule has 0 aliphatic carbocycles. The number of carbonyl (C=O) groups is 5. The van der Waals surface area contributed by atoms with Crippen LogP contribution in [0.25, 0.3) is 10.9 Å². The van der Waals surface area contributed by atoms with E-state index in [-0.39, 0.29) is 18.7 Å². The summed E-state index contributed by atoms with van der Waals surface area (Å²) in [6.07, 6.45) is -4.38. The Bertz CT molecular complexity index is 1550. The van der Waals surface area contributed by atoms with Crippen molar-refractivity contribution in [1.29, 1.82) is 0 Å². The molecule has 4 rings (SSSR count). The molecular formula is C30H30ClNO11. The molecule has 0 radical (unpaired) electrons. The first-order valence-corrected chi connectivity index (χ1v) is 13.6. The van der Waals surface area contributed by atoms with Gasteiger partial charge in [-0.2, -0.15) is 0 Å². The van der Waals surface area contributed by atoms with E-state index >= 15 is 0 Å². The van der Waals surface area contributed by atoms with Gasteiger partial charge in [-0.3, -0.25) is 19.2 Å². The fourth-order valence-electron chi connectivity index (χ4n) is 5.12. The number of esters is 4. The van der Waals surface area contributed by atoms with Crippen LogP contribution in [0.3, 0.4) is 0 Å². The van der Waals surface area contributed by atoms with Crippen molar-refractivity contribution >= 4 is 52.4 Å². The molecule has 43 heavy (non-hydrogen) atoms. The van der Waals surface area contributed by atoms with Crippen molar-refractivity contribution in [1.82, 2.24) is 4.57 Å². The quantitative estimate of drug-likeness (QED) is 0.275. The monoisotopic (exact) mass is 615 g/mol. The van der Waals surface area contributed by atoms with Gasteiger partial charge in [-0.05, 0) is 23.8 Å². The third kappa shape index (κ3) is 7.33. The fourth-order valence-corrected chi connectivity index (χ4v) is 5.40. The van der Waals surface area contributed by atoms with Crippen molar-refractivity contribution < 1.29 is 52.8 Å². The Labute approximate surface area is 251 Å². The molecule has 5 atom stereocenters. The minimum atomic E-state index is -1.33. The molecule has 3 aromatic rings. The van der Waals surface area contributed by atoms with Gasteiger partial charge in [0.2, 0.25) is 0 Å². The predicted octanol–water partition coefficient (Wildman–Crippen LogP) is 3.84. The SMILES string of the molecule is CC(=O)OC[C@H]1O[C@@H](c2cn(Cc3ccc(C(=O)O)cc3)c3c(Cl)cccc23)[C@H](OC(C)=O)[C@@H](OC(C)=O)[C@@H]1OC(C)=O. The van der Waals surface area contributed by atoms with Crippen LogP contribution in [-0.4, -0.2) is 70.5 Å². The third-order valence-corrected chi connectivity index (χ3v) is 7.04. The topological polar surface area (TPSA) is 157 Å². The van der Waals surface area contributed by atoms with Gasteiger partial charge in [-0.15, -0.1) is 0 Å². The van der Waals surface area contributed by atoms with E-state index in [1.165, 1.54) is 26.0 Å². The molecule has 1 N–H and O–H groups in total. The Morgan fingerprint density at radius 3 is 2.02 bits per heavy atom. The molecule has 2 heterocycles. The van der Waals surface area contributed by atoms with E-state index in [2.05, 4.69) is 0 Å². The van der Waals surface area contributed by atoms with Crippen LogP contribution in [0.1, 0.15) is 55.3 Å². The minimum absolute atomic E-state index is 0.136. The first-order valence-electron chi connectivity index (χ1n) is 13.3. The number of hydrogen-bond donors (Lipinski definition) is 1. The Morgan fingerprint density at radius 1 is 0.837 bits per heavy atom. The summed E-state index contributed by atoms with van der Waals surface area (Å²) in [5.74, 6) is -3.84. The fraction of sp³-hybridized carbons (Fsp3) is 0.367. The molecule has 228 valence electrons. The second-order valence-electron chi connectivity index (χ2n) is 9.97. The highest BCUT2D eigenvalue weighted by Crippen LogP contribution is 2.42. The van der Waals surface area contributed by atoms with E-state index in [0.717, 1.165) is 19.4 Å². The second kappa shape index (κ2) is 13.3. The van der Waals surface area contributed by atoms with Crippen LogP contribution >= 0.6 is 11.6 Å². The van der Waals surface area contributed by atoms with Gasteiger partial charge in [0.15, 0.2) is 18.3 Å². The van der Waals surface area contributed by atoms with Gasteiger partial charge in [0.1, 0.15) is 18.8 Å². The molecule has 0 amide bonds. The highest BCUT2D eigenvalue weighted by atomic mass is 35.5. The largest absolute Gasteiger partial charge is 0.478 e. The number of aromatic carboxylic acids is 1. The molecule has 2 aromatic carbocycles. The number of rotatable bonds is 9. The Balaban J connectivity index is 1.86. The number of fused-ring (bicyclic) bond motifs is 1. The number of benzene rings is 2. The van der Waals surface area contributed by atoms with E-state index in [1.807, 2.05) is 4.57 Å². The number of ether oxygens (including phenoxy) is 5. The average Bonchev–Trinajstić information content (AvgIpc) is 3.28. The maximum Gasteiger partial charge on any atom is 0.335 e. The summed E-state index contributed by atoms with van der Waals surface area (Å²) in [6, 6.07) is 11.6. The molecule has 12 nitrogen and oxygen atoms in total. The summed E-state index contributed by atoms with van der Waals surface area (Å²) in [7, 11) is 0. The first kappa shape index (κ1) is 31.5. The number of nitrogens with zero attached hydrogens (tertiary/aromatic N) is 1. The first-order chi connectivity index (χ1) is 20.3. The van der Waals surface area contributed by atoms with Crippen LogP contribution in [0.15, 0.2) is 48.7 Å². The molecule has 13 heteroatoms. The van der Waals surface area contributed by atoms with Crippen molar-refractivity contribution in [2.24, 2.45) is 0 Å². The van der Waals surface area contributed by atoms with Crippen LogP contribution in [0.2, 0.25) is 5.02 Å². The highest BCUT2D eigenvalue weighted by Gasteiger charge is 2.53. The zero-order valence-electron chi connectivity index (χ0n) is 23.8. The van der Waals surface area contributed by atoms with Crippen molar-refractivity contribution in [3.8, 4) is 0 Å². The molecule has 1 fully saturated rings. The number of aromatic nitrogens is 1. The average molecular weight is 616 g/mol. The van der Waals surface area contributed by atoms with Gasteiger partial charge in [0.25, 0.3) is 0 Å². The summed E-state index contributed by atoms with van der Waals surface area (Å²) in [6.45, 7) is 4.61. The number of hydrogen-bond acceptors (Lipinski definition) is 10. The highest BCUT2D eigenvalue weighted by molar-refractivity contribution is 6.35. The maximum atomic E-state index is 12.3. The summed E-state index contributed by atoms with van der Waals surface area (Å²) in [5.41, 5.74) is 2.01. The van der Waals surface area contributed by atoms with Crippen LogP contribution in [0, 0.1) is 0 Å². The van der Waals surface area contributed by atoms with Crippen molar-refractivity contribution in [2.45, 2.75) is 64.8 Å². The molecular weight excluding hydrogens is 586 g/mol. The number of carboxylic acid groups (broad SMARTS) is 1. The smallest absolute Gasteiger partial charge is 0.335 e. The van der Waals surface area contributed by atoms with Crippen molar-refractivity contribution in [3.05, 3.63) is 70.4 Å². The van der Waals surface area contributed by atoms with Crippen LogP contribution in [0.5, 0.6) is 0 Å². The van der Waals surface area contributed by atoms with E-state index in [9.17, 15) is 29.1 Å². The van der Waals surface area contributed by atoms with Crippen LogP contribution < -0.4 is 0 Å². The summed E-state index contributed by atoms with van der Waals surface area (Å²) < 4.78 is 30.1. The lowest BCUT2D eigenvalue weighted by Crippen LogP contribution is -2.59. The van der Waals surface area contributed by atoms with Crippen LogP contribution in [-0.2, 0) is 49.4 Å². The molecule has 1 aliphatic heterocycles. The molecule has 0 bridgehead atoms. The number of carbonyl (C=O) groups excluding carboxylic acids is 4. The van der Waals surface area contributed by atoms with Crippen molar-refractivity contribution in [3.63, 3.8) is 0 Å². The van der Waals surface area contributed by atoms with E-state index in [4.69, 9.17) is 35.3 Å². The number of para-hydroxylation sites is 1. The lowest BCUT2D eigenvalue weighted by atomic mass is 9.90. The van der Waals surface area contributed by atoms with Gasteiger partial charge in [0, 0.05) is 51.4 Å². The predicted molar refractivity (Wildman–Crippen MR) is 150 cm³/mol. The Morgan fingerprint density at radius 2 is 1.44 bits per heavy atom. The second-order valence-corrected chi connectivity index (χ2v) is 10.4. The van der Waals surface area contributed by atoms with Gasteiger partial charge in [-0.25, -0.2) is 4.79 Å². The molecule has 0 saturated carbocycles. The molecule has 1 aromatic heterocycles. The lowest BCUT2D eigenvalue weighted by Gasteiger charge is -2.44. The summed E-state index contributed by atoms with van der Waals surface area (Å²) in [5, 5.41) is 10.3. The summed E-state index contributed by atoms with van der Waals surface area (Å²) in [4.78, 5) is 59.6. The van der Waals surface area contributed by atoms with Gasteiger partial charge in [-0.1, -0.05) is 35.9 Å². The van der Waals surface area contributed by atoms with Crippen LogP contribution in [0.4, 0.5) is 0 Å². The molecule has 0 spiro atoms. The third-order valence-electron chi connectivity index (χ3n) is 6.73. The van der Waals surface area contributed by atoms with Crippen molar-refractivity contribution in [2.75, 3.05) is 6.61 Å². The maximum absolute atomic E-state index is 12.3. The van der Waals surface area contributed by atoms with Gasteiger partial charge >= 0.3 is 29.8 Å². The number of halogens is 1. The number of carboxylic acids is 1. The lowest BCUT2D eigenvalue weighted by molar-refractivity contribution is -0.254. The standard InChI is InChI=1S/C30H30ClNO11/c1-15(33)39-14-24-27(40-16(2)34)29(42-18(4)36)28(41-17(3)35)26(43-24)22-13-32(25-21(22)6-5-7-23(25)31)12-19-8-10-20(11-9-19)30(37)38/h5-11,13,24,26-29H,12,14H2,1-4H3,(H,37,38)/t24-,26+,27-,28+,29+/m1/s1. The van der Waals surface area contributed by atoms with E-state index in [0.29, 0.717) is 21.5 Å². The zero-order valence-corrected chi connectivity index (χ0v) is 24.5. The Kier molecular flexibility index (Phi) is 9.72. The Hall–Kier alpha value is -4.42. The summed E-state index contributed by atoms with van der Waals surface area (Å²) >= 11 is 6.65. The van der Waals surface area contributed by atoms with E-state index in [1.54, 1.807) is 36.5 Å². The molecule has 1 aliphatic rings. The van der Waals surface area contributed by atoms with E-state index < -0.39 is 60.4 Å². The molecule has 1 saturated heterocycles. The normalized spacial score (nSPS) is 21.6. The minimum Gasteiger partial charge on any atom is -0.478 e.